The first kappa shape index (κ1) is 19.3. The molecule has 0 amide bonds. The van der Waals surface area contributed by atoms with Gasteiger partial charge in [0, 0.05) is 6.08 Å². The zero-order chi connectivity index (χ0) is 20.9. The Morgan fingerprint density at radius 3 is 1.63 bits per heavy atom. The highest BCUT2D eigenvalue weighted by molar-refractivity contribution is 6.05. The first-order chi connectivity index (χ1) is 14.6. The molecule has 9 heteroatoms. The Bertz CT molecular complexity index is 1020. The molecule has 0 unspecified atom stereocenters. The second-order valence-corrected chi connectivity index (χ2v) is 6.48. The van der Waals surface area contributed by atoms with E-state index in [1.54, 1.807) is 6.08 Å². The number of amidine groups is 1. The number of hydrogen-bond donors (Lipinski definition) is 4. The first-order valence-electron chi connectivity index (χ1n) is 9.30. The molecule has 0 bridgehead atoms. The Labute approximate surface area is 174 Å². The zero-order valence-electron chi connectivity index (χ0n) is 16.2. The summed E-state index contributed by atoms with van der Waals surface area (Å²) in [7, 11) is 0. The van der Waals surface area contributed by atoms with E-state index in [1.165, 1.54) is 20.4 Å². The van der Waals surface area contributed by atoms with E-state index in [2.05, 4.69) is 10.5 Å². The van der Waals surface area contributed by atoms with E-state index in [0.29, 0.717) is 11.7 Å². The highest BCUT2D eigenvalue weighted by Gasteiger charge is 2.23. The van der Waals surface area contributed by atoms with Gasteiger partial charge in [-0.05, 0) is 36.4 Å². The lowest BCUT2D eigenvalue weighted by atomic mass is 10.3. The van der Waals surface area contributed by atoms with Crippen LogP contribution in [-0.2, 0) is 0 Å². The van der Waals surface area contributed by atoms with Crippen LogP contribution < -0.4 is 38.1 Å². The molecule has 0 saturated heterocycles. The molecule has 1 aliphatic rings. The van der Waals surface area contributed by atoms with E-state index >= 15 is 0 Å². The molecule has 1 heterocycles. The summed E-state index contributed by atoms with van der Waals surface area (Å²) in [6.45, 7) is 0. The van der Waals surface area contributed by atoms with Crippen LogP contribution in [0.4, 0.5) is 17.1 Å². The number of nitrogens with one attached hydrogen (secondary N) is 1. The van der Waals surface area contributed by atoms with Crippen molar-refractivity contribution in [2.75, 3.05) is 15.1 Å². The number of nitrogens with zero attached hydrogens (tertiary/aromatic N) is 5. The zero-order valence-corrected chi connectivity index (χ0v) is 16.2. The van der Waals surface area contributed by atoms with Crippen molar-refractivity contribution in [3.8, 4) is 0 Å². The number of rotatable bonds is 5. The molecule has 0 atom stereocenters. The molecular weight excluding hydrogens is 378 g/mol. The van der Waals surface area contributed by atoms with Crippen LogP contribution in [0.3, 0.4) is 0 Å². The summed E-state index contributed by atoms with van der Waals surface area (Å²) in [5.74, 6) is 20.0. The van der Waals surface area contributed by atoms with Crippen LogP contribution in [-0.4, -0.2) is 11.1 Å². The monoisotopic (exact) mass is 401 g/mol. The minimum absolute atomic E-state index is 0.438. The predicted octanol–water partition coefficient (Wildman–Crippen LogP) is 2.02. The molecule has 0 aromatic heterocycles. The highest BCUT2D eigenvalue weighted by atomic mass is 16.0. The molecule has 0 spiro atoms. The lowest BCUT2D eigenvalue weighted by Gasteiger charge is -2.37. The summed E-state index contributed by atoms with van der Waals surface area (Å²) in [5, 5.41) is 10.3. The van der Waals surface area contributed by atoms with E-state index in [0.717, 1.165) is 17.1 Å². The summed E-state index contributed by atoms with van der Waals surface area (Å²) in [6.07, 6.45) is 1.75. The third-order valence-corrected chi connectivity index (χ3v) is 4.48. The van der Waals surface area contributed by atoms with E-state index in [-0.39, 0.29) is 0 Å². The normalized spacial score (nSPS) is 13.1. The van der Waals surface area contributed by atoms with Crippen molar-refractivity contribution in [3.63, 3.8) is 0 Å². The van der Waals surface area contributed by atoms with Crippen molar-refractivity contribution in [3.05, 3.63) is 103 Å². The van der Waals surface area contributed by atoms with E-state index in [4.69, 9.17) is 17.5 Å². The number of para-hydroxylation sites is 3. The molecule has 0 fully saturated rings. The van der Waals surface area contributed by atoms with Crippen LogP contribution in [0.25, 0.3) is 0 Å². The van der Waals surface area contributed by atoms with Gasteiger partial charge in [-0.15, -0.1) is 5.10 Å². The van der Waals surface area contributed by atoms with Gasteiger partial charge in [0.25, 0.3) is 0 Å². The Hall–Kier alpha value is -4.05. The maximum Gasteiger partial charge on any atom is 0.175 e. The van der Waals surface area contributed by atoms with E-state index < -0.39 is 0 Å². The quantitative estimate of drug-likeness (QED) is 0.379. The molecule has 9 nitrogen and oxygen atoms in total. The van der Waals surface area contributed by atoms with E-state index in [9.17, 15) is 0 Å². The Balaban J connectivity index is 1.70. The number of anilines is 3. The molecule has 3 aromatic rings. The molecule has 7 N–H and O–H groups in total. The molecule has 152 valence electrons. The lowest BCUT2D eigenvalue weighted by Crippen LogP contribution is -2.58. The number of hydrazine groups is 5. The Kier molecular flexibility index (Phi) is 5.48. The lowest BCUT2D eigenvalue weighted by molar-refractivity contribution is 0.193. The fourth-order valence-corrected chi connectivity index (χ4v) is 2.89. The highest BCUT2D eigenvalue weighted by Crippen LogP contribution is 2.20. The predicted molar refractivity (Wildman–Crippen MR) is 120 cm³/mol. The fraction of sp³-hybridized carbons (Fsp3) is 0. The minimum atomic E-state index is 0.438. The van der Waals surface area contributed by atoms with Gasteiger partial charge in [0.05, 0.1) is 17.1 Å². The van der Waals surface area contributed by atoms with Crippen molar-refractivity contribution < 1.29 is 0 Å². The smallest absolute Gasteiger partial charge is 0.175 e. The second kappa shape index (κ2) is 8.53. The van der Waals surface area contributed by atoms with Crippen LogP contribution in [0.15, 0.2) is 108 Å². The first-order valence-corrected chi connectivity index (χ1v) is 9.30. The number of nitrogens with two attached hydrogens (primary N) is 3. The summed E-state index contributed by atoms with van der Waals surface area (Å²) >= 11 is 0. The third-order valence-electron chi connectivity index (χ3n) is 4.48. The summed E-state index contributed by atoms with van der Waals surface area (Å²) in [5.41, 5.74) is 5.38. The van der Waals surface area contributed by atoms with Gasteiger partial charge >= 0.3 is 0 Å². The van der Waals surface area contributed by atoms with Gasteiger partial charge in [0.2, 0.25) is 0 Å². The SMILES string of the molecule is NN(C1=CC(N(N)c2ccccc2)=NN(N(N)c2ccccc2)N1)c1ccccc1. The number of hydrogen-bond acceptors (Lipinski definition) is 9. The fourth-order valence-electron chi connectivity index (χ4n) is 2.89. The standard InChI is InChI=1S/C21H23N9/c22-27(17-10-4-1-5-11-17)20-16-21(28(23)18-12-6-2-7-13-18)26-30(25-20)29(24)19-14-8-3-9-15-19/h1-16,25H,22-24H2. The van der Waals surface area contributed by atoms with Gasteiger partial charge in [-0.3, -0.25) is 10.0 Å². The van der Waals surface area contributed by atoms with Crippen LogP contribution >= 0.6 is 0 Å². The van der Waals surface area contributed by atoms with Gasteiger partial charge < -0.3 is 0 Å². The van der Waals surface area contributed by atoms with Crippen molar-refractivity contribution in [2.45, 2.75) is 0 Å². The minimum Gasteiger partial charge on any atom is -0.263 e. The maximum atomic E-state index is 6.37. The summed E-state index contributed by atoms with van der Waals surface area (Å²) in [4.78, 5) is 0. The summed E-state index contributed by atoms with van der Waals surface area (Å²) < 4.78 is 0. The van der Waals surface area contributed by atoms with Crippen molar-refractivity contribution >= 4 is 22.9 Å². The van der Waals surface area contributed by atoms with Gasteiger partial charge in [-0.1, -0.05) is 59.8 Å². The second-order valence-electron chi connectivity index (χ2n) is 6.48. The third kappa shape index (κ3) is 4.03. The molecule has 0 radical (unpaired) electrons. The van der Waals surface area contributed by atoms with Crippen LogP contribution in [0.2, 0.25) is 0 Å². The number of benzene rings is 3. The molecule has 30 heavy (non-hydrogen) atoms. The van der Waals surface area contributed by atoms with E-state index in [1.807, 2.05) is 91.0 Å². The Morgan fingerprint density at radius 2 is 1.10 bits per heavy atom. The Morgan fingerprint density at radius 1 is 0.633 bits per heavy atom. The van der Waals surface area contributed by atoms with Crippen molar-refractivity contribution in [2.24, 2.45) is 22.6 Å². The van der Waals surface area contributed by atoms with Gasteiger partial charge in [-0.2, -0.15) is 5.12 Å². The average Bonchev–Trinajstić information content (AvgIpc) is 2.84. The maximum absolute atomic E-state index is 6.37. The molecule has 4 rings (SSSR count). The molecular formula is C21H23N9. The van der Waals surface area contributed by atoms with Gasteiger partial charge in [0.15, 0.2) is 5.84 Å². The van der Waals surface area contributed by atoms with Gasteiger partial charge in [0.1, 0.15) is 5.82 Å². The molecule has 0 aliphatic carbocycles. The largest absolute Gasteiger partial charge is 0.263 e. The van der Waals surface area contributed by atoms with Crippen molar-refractivity contribution in [1.29, 1.82) is 0 Å². The average molecular weight is 401 g/mol. The molecule has 0 saturated carbocycles. The van der Waals surface area contributed by atoms with Crippen LogP contribution in [0, 0.1) is 0 Å². The summed E-state index contributed by atoms with van der Waals surface area (Å²) in [6, 6.07) is 28.4. The van der Waals surface area contributed by atoms with Crippen LogP contribution in [0.1, 0.15) is 0 Å². The van der Waals surface area contributed by atoms with Crippen molar-refractivity contribution in [1.82, 2.24) is 10.7 Å². The topological polar surface area (TPSA) is 115 Å². The molecule has 3 aromatic carbocycles. The molecule has 1 aliphatic heterocycles. The van der Waals surface area contributed by atoms with Gasteiger partial charge in [-0.25, -0.2) is 23.0 Å². The number of hydrazone groups is 1. The van der Waals surface area contributed by atoms with Crippen LogP contribution in [0.5, 0.6) is 0 Å².